The molecule has 2 N–H and O–H groups in total. The molecule has 3 aromatic rings. The number of nitrogens with zero attached hydrogens (tertiary/aromatic N) is 1. The van der Waals surface area contributed by atoms with Crippen molar-refractivity contribution in [1.29, 1.82) is 0 Å². The summed E-state index contributed by atoms with van der Waals surface area (Å²) in [7, 11) is 1.60. The lowest BCUT2D eigenvalue weighted by atomic mass is 10.0. The van der Waals surface area contributed by atoms with Crippen LogP contribution in [0.2, 0.25) is 0 Å². The van der Waals surface area contributed by atoms with Gasteiger partial charge in [0.1, 0.15) is 11.6 Å². The quantitative estimate of drug-likeness (QED) is 0.714. The molecule has 3 rings (SSSR count). The normalized spacial score (nSPS) is 11.9. The molecule has 0 spiro atoms. The first-order chi connectivity index (χ1) is 12.5. The van der Waals surface area contributed by atoms with E-state index in [0.29, 0.717) is 29.6 Å². The largest absolute Gasteiger partial charge is 0.497 e. The number of carbonyl (C=O) groups is 1. The Balaban J connectivity index is 1.62. The fourth-order valence-corrected chi connectivity index (χ4v) is 2.84. The van der Waals surface area contributed by atoms with Crippen molar-refractivity contribution in [2.75, 3.05) is 12.4 Å². The van der Waals surface area contributed by atoms with Gasteiger partial charge in [0.05, 0.1) is 18.0 Å². The van der Waals surface area contributed by atoms with Gasteiger partial charge in [-0.2, -0.15) is 0 Å². The molecule has 0 saturated heterocycles. The number of hydrogen-bond acceptors (Lipinski definition) is 4. The number of fused-ring (bicyclic) bond motifs is 1. The van der Waals surface area contributed by atoms with E-state index in [4.69, 9.17) is 4.74 Å². The predicted octanol–water partition coefficient (Wildman–Crippen LogP) is 3.14. The highest BCUT2D eigenvalue weighted by Gasteiger charge is 2.13. The number of methoxy groups -OCH3 is 1. The number of hydrogen-bond donors (Lipinski definition) is 2. The van der Waals surface area contributed by atoms with Gasteiger partial charge in [-0.3, -0.25) is 9.59 Å². The van der Waals surface area contributed by atoms with Crippen LogP contribution in [0, 0.1) is 5.92 Å². The third-order valence-electron chi connectivity index (χ3n) is 4.11. The molecule has 0 aliphatic heterocycles. The van der Waals surface area contributed by atoms with Crippen LogP contribution >= 0.6 is 0 Å². The molecule has 1 atom stereocenters. The minimum absolute atomic E-state index is 0.0394. The summed E-state index contributed by atoms with van der Waals surface area (Å²) >= 11 is 0. The van der Waals surface area contributed by atoms with Crippen molar-refractivity contribution in [1.82, 2.24) is 9.97 Å². The lowest BCUT2D eigenvalue weighted by Gasteiger charge is -2.12. The van der Waals surface area contributed by atoms with E-state index >= 15 is 0 Å². The fraction of sp³-hybridized carbons (Fsp3) is 0.250. The molecule has 0 saturated carbocycles. The number of para-hydroxylation sites is 1. The maximum absolute atomic E-state index is 12.2. The Morgan fingerprint density at radius 1 is 1.19 bits per heavy atom. The SMILES string of the molecule is COc1ccc(NC(=O)CC(C)Cc2nc3ccccc3c(=O)[nH]2)cc1. The van der Waals surface area contributed by atoms with Crippen LogP contribution < -0.4 is 15.6 Å². The molecule has 6 nitrogen and oxygen atoms in total. The number of anilines is 1. The van der Waals surface area contributed by atoms with Gasteiger partial charge in [-0.25, -0.2) is 4.98 Å². The van der Waals surface area contributed by atoms with Gasteiger partial charge < -0.3 is 15.0 Å². The zero-order valence-electron chi connectivity index (χ0n) is 14.8. The lowest BCUT2D eigenvalue weighted by molar-refractivity contribution is -0.116. The molecule has 2 aromatic carbocycles. The summed E-state index contributed by atoms with van der Waals surface area (Å²) < 4.78 is 5.10. The number of aromatic nitrogens is 2. The zero-order valence-corrected chi connectivity index (χ0v) is 14.8. The molecule has 0 aliphatic rings. The van der Waals surface area contributed by atoms with Crippen molar-refractivity contribution < 1.29 is 9.53 Å². The van der Waals surface area contributed by atoms with Crippen molar-refractivity contribution in [3.8, 4) is 5.75 Å². The molecule has 26 heavy (non-hydrogen) atoms. The summed E-state index contributed by atoms with van der Waals surface area (Å²) in [5.74, 6) is 1.30. The van der Waals surface area contributed by atoms with E-state index in [1.165, 1.54) is 0 Å². The minimum atomic E-state index is -0.152. The molecule has 0 aliphatic carbocycles. The van der Waals surface area contributed by atoms with Crippen LogP contribution in [0.1, 0.15) is 19.2 Å². The summed E-state index contributed by atoms with van der Waals surface area (Å²) in [6.45, 7) is 1.96. The van der Waals surface area contributed by atoms with E-state index in [1.807, 2.05) is 25.1 Å². The highest BCUT2D eigenvalue weighted by atomic mass is 16.5. The third kappa shape index (κ3) is 4.27. The Hall–Kier alpha value is -3.15. The highest BCUT2D eigenvalue weighted by Crippen LogP contribution is 2.16. The maximum Gasteiger partial charge on any atom is 0.258 e. The highest BCUT2D eigenvalue weighted by molar-refractivity contribution is 5.90. The van der Waals surface area contributed by atoms with E-state index in [1.54, 1.807) is 37.4 Å². The molecule has 0 fully saturated rings. The second-order valence-electron chi connectivity index (χ2n) is 6.32. The molecule has 1 amide bonds. The first-order valence-corrected chi connectivity index (χ1v) is 8.47. The second kappa shape index (κ2) is 7.82. The second-order valence-corrected chi connectivity index (χ2v) is 6.32. The third-order valence-corrected chi connectivity index (χ3v) is 4.11. The number of aromatic amines is 1. The van der Waals surface area contributed by atoms with E-state index in [9.17, 15) is 9.59 Å². The number of nitrogens with one attached hydrogen (secondary N) is 2. The maximum atomic E-state index is 12.2. The van der Waals surface area contributed by atoms with Gasteiger partial charge in [-0.15, -0.1) is 0 Å². The summed E-state index contributed by atoms with van der Waals surface area (Å²) in [5, 5.41) is 3.43. The number of ether oxygens (including phenoxy) is 1. The van der Waals surface area contributed by atoms with Crippen molar-refractivity contribution in [3.05, 3.63) is 64.7 Å². The predicted molar refractivity (Wildman–Crippen MR) is 101 cm³/mol. The number of rotatable bonds is 6. The monoisotopic (exact) mass is 351 g/mol. The van der Waals surface area contributed by atoms with Crippen LogP contribution in [-0.2, 0) is 11.2 Å². The summed E-state index contributed by atoms with van der Waals surface area (Å²) in [6.07, 6.45) is 0.860. The van der Waals surface area contributed by atoms with Crippen molar-refractivity contribution in [3.63, 3.8) is 0 Å². The Kier molecular flexibility index (Phi) is 5.31. The van der Waals surface area contributed by atoms with Crippen LogP contribution in [-0.4, -0.2) is 23.0 Å². The molecular formula is C20H21N3O3. The van der Waals surface area contributed by atoms with Gasteiger partial charge in [0, 0.05) is 18.5 Å². The van der Waals surface area contributed by atoms with Crippen LogP contribution in [0.3, 0.4) is 0 Å². The van der Waals surface area contributed by atoms with E-state index in [-0.39, 0.29) is 17.4 Å². The first-order valence-electron chi connectivity index (χ1n) is 8.47. The first kappa shape index (κ1) is 17.7. The van der Waals surface area contributed by atoms with Gasteiger partial charge in [0.25, 0.3) is 5.56 Å². The average molecular weight is 351 g/mol. The topological polar surface area (TPSA) is 84.1 Å². The Morgan fingerprint density at radius 2 is 1.92 bits per heavy atom. The fourth-order valence-electron chi connectivity index (χ4n) is 2.84. The molecular weight excluding hydrogens is 330 g/mol. The molecule has 1 aromatic heterocycles. The molecule has 134 valence electrons. The Bertz CT molecular complexity index is 964. The van der Waals surface area contributed by atoms with Gasteiger partial charge >= 0.3 is 0 Å². The van der Waals surface area contributed by atoms with Crippen molar-refractivity contribution in [2.45, 2.75) is 19.8 Å². The van der Waals surface area contributed by atoms with E-state index in [2.05, 4.69) is 15.3 Å². The van der Waals surface area contributed by atoms with Gasteiger partial charge in [0.2, 0.25) is 5.91 Å². The van der Waals surface area contributed by atoms with Crippen LogP contribution in [0.15, 0.2) is 53.3 Å². The minimum Gasteiger partial charge on any atom is -0.497 e. The molecule has 0 bridgehead atoms. The van der Waals surface area contributed by atoms with Crippen molar-refractivity contribution in [2.24, 2.45) is 5.92 Å². The van der Waals surface area contributed by atoms with Gasteiger partial charge in [-0.1, -0.05) is 19.1 Å². The molecule has 6 heteroatoms. The number of amides is 1. The van der Waals surface area contributed by atoms with Crippen molar-refractivity contribution >= 4 is 22.5 Å². The Labute approximate surface area is 151 Å². The van der Waals surface area contributed by atoms with E-state index < -0.39 is 0 Å². The average Bonchev–Trinajstić information content (AvgIpc) is 2.62. The summed E-state index contributed by atoms with van der Waals surface area (Å²) in [6, 6.07) is 14.4. The summed E-state index contributed by atoms with van der Waals surface area (Å²) in [5.41, 5.74) is 1.24. The van der Waals surface area contributed by atoms with Crippen LogP contribution in [0.4, 0.5) is 5.69 Å². The number of carbonyl (C=O) groups excluding carboxylic acids is 1. The van der Waals surface area contributed by atoms with Gasteiger partial charge in [-0.05, 0) is 42.3 Å². The van der Waals surface area contributed by atoms with Crippen LogP contribution in [0.25, 0.3) is 10.9 Å². The van der Waals surface area contributed by atoms with Crippen LogP contribution in [0.5, 0.6) is 5.75 Å². The molecule has 1 heterocycles. The van der Waals surface area contributed by atoms with Gasteiger partial charge in [0.15, 0.2) is 0 Å². The number of H-pyrrole nitrogens is 1. The number of benzene rings is 2. The molecule has 0 radical (unpaired) electrons. The summed E-state index contributed by atoms with van der Waals surface area (Å²) in [4.78, 5) is 31.6. The zero-order chi connectivity index (χ0) is 18.5. The smallest absolute Gasteiger partial charge is 0.258 e. The Morgan fingerprint density at radius 3 is 2.65 bits per heavy atom. The standard InChI is InChI=1S/C20H21N3O3/c1-13(12-19(24)21-14-7-9-15(26-2)10-8-14)11-18-22-17-6-4-3-5-16(17)20(25)23-18/h3-10,13H,11-12H2,1-2H3,(H,21,24)(H,22,23,25). The lowest BCUT2D eigenvalue weighted by Crippen LogP contribution is -2.19. The molecule has 1 unspecified atom stereocenters. The van der Waals surface area contributed by atoms with E-state index in [0.717, 1.165) is 11.4 Å².